The fourth-order valence-electron chi connectivity index (χ4n) is 3.94. The lowest BCUT2D eigenvalue weighted by Crippen LogP contribution is -2.35. The highest BCUT2D eigenvalue weighted by Crippen LogP contribution is 2.29. The fourth-order valence-corrected chi connectivity index (χ4v) is 3.94. The van der Waals surface area contributed by atoms with Crippen LogP contribution in [-0.4, -0.2) is 29.9 Å². The Labute approximate surface area is 192 Å². The highest BCUT2D eigenvalue weighted by molar-refractivity contribution is 6.06. The first-order chi connectivity index (χ1) is 16.0. The maximum Gasteiger partial charge on any atom is 0.258 e. The van der Waals surface area contributed by atoms with Gasteiger partial charge in [-0.2, -0.15) is 0 Å². The molecule has 0 saturated carbocycles. The van der Waals surface area contributed by atoms with Gasteiger partial charge in [0.05, 0.1) is 11.1 Å². The zero-order valence-electron chi connectivity index (χ0n) is 18.6. The Morgan fingerprint density at radius 1 is 1.03 bits per heavy atom. The average Bonchev–Trinajstić information content (AvgIpc) is 2.84. The molecule has 2 heterocycles. The second-order valence-corrected chi connectivity index (χ2v) is 8.38. The third kappa shape index (κ3) is 5.55. The number of pyridine rings is 1. The number of aromatic nitrogens is 1. The first-order valence-electron chi connectivity index (χ1n) is 11.1. The molecular weight excluding hydrogens is 419 g/mol. The Morgan fingerprint density at radius 3 is 2.55 bits per heavy atom. The highest BCUT2D eigenvalue weighted by Gasteiger charge is 2.22. The molecule has 1 aliphatic heterocycles. The van der Waals surface area contributed by atoms with Crippen molar-refractivity contribution in [2.45, 2.75) is 26.3 Å². The smallest absolute Gasteiger partial charge is 0.258 e. The van der Waals surface area contributed by atoms with E-state index < -0.39 is 11.7 Å². The van der Waals surface area contributed by atoms with Crippen LogP contribution in [-0.2, 0) is 6.54 Å². The Kier molecular flexibility index (Phi) is 6.98. The maximum atomic E-state index is 14.0. The lowest BCUT2D eigenvalue weighted by molar-refractivity contribution is 0.0949. The largest absolute Gasteiger partial charge is 0.371 e. The third-order valence-electron chi connectivity index (χ3n) is 5.92. The van der Waals surface area contributed by atoms with Crippen molar-refractivity contribution >= 4 is 23.2 Å². The van der Waals surface area contributed by atoms with Crippen molar-refractivity contribution in [2.24, 2.45) is 5.92 Å². The summed E-state index contributed by atoms with van der Waals surface area (Å²) in [5.41, 5.74) is 2.58. The maximum absolute atomic E-state index is 14.0. The molecule has 1 aromatic heterocycles. The molecule has 0 radical (unpaired) electrons. The molecule has 7 heteroatoms. The molecule has 0 bridgehead atoms. The molecule has 170 valence electrons. The molecule has 0 aliphatic carbocycles. The predicted molar refractivity (Wildman–Crippen MR) is 127 cm³/mol. The SMILES string of the molecule is CC1CCN(c2ccc(NC(=O)c3ccccc3F)cc2C(=O)NCc2cccnc2)CC1. The van der Waals surface area contributed by atoms with Gasteiger partial charge in [-0.3, -0.25) is 14.6 Å². The minimum Gasteiger partial charge on any atom is -0.371 e. The second-order valence-electron chi connectivity index (χ2n) is 8.38. The molecule has 1 aliphatic rings. The van der Waals surface area contributed by atoms with Crippen LogP contribution in [0.2, 0.25) is 0 Å². The number of benzene rings is 2. The fraction of sp³-hybridized carbons (Fsp3) is 0.269. The van der Waals surface area contributed by atoms with Crippen LogP contribution in [0.25, 0.3) is 0 Å². The molecule has 2 amide bonds. The van der Waals surface area contributed by atoms with Gasteiger partial charge >= 0.3 is 0 Å². The standard InChI is InChI=1S/C26H27FN4O2/c1-18-10-13-31(14-11-18)24-9-8-20(30-26(33)21-6-2-3-7-23(21)27)15-22(24)25(32)29-17-19-5-4-12-28-16-19/h2-9,12,15-16,18H,10-11,13-14,17H2,1H3,(H,29,32)(H,30,33). The van der Waals surface area contributed by atoms with Crippen LogP contribution in [0.15, 0.2) is 67.0 Å². The van der Waals surface area contributed by atoms with Crippen LogP contribution in [0.1, 0.15) is 46.0 Å². The van der Waals surface area contributed by atoms with Crippen LogP contribution >= 0.6 is 0 Å². The molecule has 33 heavy (non-hydrogen) atoms. The summed E-state index contributed by atoms with van der Waals surface area (Å²) in [4.78, 5) is 32.0. The van der Waals surface area contributed by atoms with E-state index >= 15 is 0 Å². The van der Waals surface area contributed by atoms with Crippen molar-refractivity contribution < 1.29 is 14.0 Å². The van der Waals surface area contributed by atoms with Gasteiger partial charge in [0, 0.05) is 43.4 Å². The second kappa shape index (κ2) is 10.3. The first-order valence-corrected chi connectivity index (χ1v) is 11.1. The monoisotopic (exact) mass is 446 g/mol. The van der Waals surface area contributed by atoms with Gasteiger partial charge in [-0.1, -0.05) is 25.1 Å². The minimum atomic E-state index is -0.594. The van der Waals surface area contributed by atoms with Gasteiger partial charge in [-0.15, -0.1) is 0 Å². The summed E-state index contributed by atoms with van der Waals surface area (Å²) in [6, 6.07) is 14.8. The molecule has 0 unspecified atom stereocenters. The van der Waals surface area contributed by atoms with Gasteiger partial charge in [0.15, 0.2) is 0 Å². The van der Waals surface area contributed by atoms with Gasteiger partial charge in [0.2, 0.25) is 0 Å². The van der Waals surface area contributed by atoms with Gasteiger partial charge < -0.3 is 15.5 Å². The minimum absolute atomic E-state index is 0.0471. The number of halogens is 1. The summed E-state index contributed by atoms with van der Waals surface area (Å²) in [6.45, 7) is 4.31. The Hall–Kier alpha value is -3.74. The van der Waals surface area contributed by atoms with E-state index in [0.717, 1.165) is 37.2 Å². The number of amides is 2. The van der Waals surface area contributed by atoms with Crippen molar-refractivity contribution in [3.63, 3.8) is 0 Å². The molecule has 6 nitrogen and oxygen atoms in total. The van der Waals surface area contributed by atoms with Gasteiger partial charge in [0.25, 0.3) is 11.8 Å². The average molecular weight is 447 g/mol. The van der Waals surface area contributed by atoms with Gasteiger partial charge in [-0.25, -0.2) is 4.39 Å². The zero-order valence-corrected chi connectivity index (χ0v) is 18.6. The topological polar surface area (TPSA) is 74.3 Å². The Bertz CT molecular complexity index is 1130. The number of rotatable bonds is 6. The van der Waals surface area contributed by atoms with E-state index in [1.165, 1.54) is 18.2 Å². The van der Waals surface area contributed by atoms with Crippen LogP contribution in [0.4, 0.5) is 15.8 Å². The van der Waals surface area contributed by atoms with E-state index in [4.69, 9.17) is 0 Å². The summed E-state index contributed by atoms with van der Waals surface area (Å²) in [7, 11) is 0. The van der Waals surface area contributed by atoms with E-state index in [0.29, 0.717) is 23.7 Å². The number of nitrogens with one attached hydrogen (secondary N) is 2. The normalized spacial score (nSPS) is 14.1. The molecule has 2 N–H and O–H groups in total. The number of hydrogen-bond acceptors (Lipinski definition) is 4. The first kappa shape index (κ1) is 22.5. The molecule has 0 atom stereocenters. The number of nitrogens with zero attached hydrogens (tertiary/aromatic N) is 2. The summed E-state index contributed by atoms with van der Waals surface area (Å²) in [5, 5.41) is 5.66. The summed E-state index contributed by atoms with van der Waals surface area (Å²) < 4.78 is 14.0. The van der Waals surface area contributed by atoms with E-state index in [-0.39, 0.29) is 11.5 Å². The molecule has 1 fully saturated rings. The number of hydrogen-bond donors (Lipinski definition) is 2. The van der Waals surface area contributed by atoms with Crippen LogP contribution in [0, 0.1) is 11.7 Å². The molecule has 0 spiro atoms. The van der Waals surface area contributed by atoms with E-state index in [2.05, 4.69) is 27.4 Å². The predicted octanol–water partition coefficient (Wildman–Crippen LogP) is 4.64. The van der Waals surface area contributed by atoms with Crippen LogP contribution in [0.5, 0.6) is 0 Å². The van der Waals surface area contributed by atoms with Crippen molar-refractivity contribution in [2.75, 3.05) is 23.3 Å². The zero-order chi connectivity index (χ0) is 23.2. The van der Waals surface area contributed by atoms with Crippen molar-refractivity contribution in [1.29, 1.82) is 0 Å². The van der Waals surface area contributed by atoms with Crippen molar-refractivity contribution in [3.05, 3.63) is 89.5 Å². The molecular formula is C26H27FN4O2. The number of piperidine rings is 1. The van der Waals surface area contributed by atoms with Crippen LogP contribution < -0.4 is 15.5 Å². The van der Waals surface area contributed by atoms with Crippen molar-refractivity contribution in [1.82, 2.24) is 10.3 Å². The van der Waals surface area contributed by atoms with E-state index in [1.807, 2.05) is 18.2 Å². The lowest BCUT2D eigenvalue weighted by atomic mass is 9.97. The van der Waals surface area contributed by atoms with Crippen LogP contribution in [0.3, 0.4) is 0 Å². The summed E-state index contributed by atoms with van der Waals surface area (Å²) in [6.07, 6.45) is 5.51. The van der Waals surface area contributed by atoms with Gasteiger partial charge in [-0.05, 0) is 60.7 Å². The molecule has 3 aromatic rings. The van der Waals surface area contributed by atoms with E-state index in [1.54, 1.807) is 30.6 Å². The Balaban J connectivity index is 1.58. The highest BCUT2D eigenvalue weighted by atomic mass is 19.1. The van der Waals surface area contributed by atoms with Crippen molar-refractivity contribution in [3.8, 4) is 0 Å². The lowest BCUT2D eigenvalue weighted by Gasteiger charge is -2.33. The summed E-state index contributed by atoms with van der Waals surface area (Å²) >= 11 is 0. The number of carbonyl (C=O) groups excluding carboxylic acids is 2. The van der Waals surface area contributed by atoms with E-state index in [9.17, 15) is 14.0 Å². The molecule has 1 saturated heterocycles. The molecule has 4 rings (SSSR count). The van der Waals surface area contributed by atoms with Gasteiger partial charge in [0.1, 0.15) is 5.82 Å². The quantitative estimate of drug-likeness (QED) is 0.579. The summed E-state index contributed by atoms with van der Waals surface area (Å²) in [5.74, 6) is -0.740. The Morgan fingerprint density at radius 2 is 1.82 bits per heavy atom. The number of carbonyl (C=O) groups is 2. The molecule has 2 aromatic carbocycles. The number of anilines is 2. The third-order valence-corrected chi connectivity index (χ3v) is 5.92.